The Balaban J connectivity index is 2.03. The van der Waals surface area contributed by atoms with Crippen LogP contribution in [0.3, 0.4) is 0 Å². The molecule has 1 aliphatic carbocycles. The van der Waals surface area contributed by atoms with Gasteiger partial charge in [-0.2, -0.15) is 0 Å². The first-order chi connectivity index (χ1) is 9.92. The molecule has 6 heteroatoms. The van der Waals surface area contributed by atoms with Crippen LogP contribution in [0.1, 0.15) is 18.4 Å². The minimum atomic E-state index is -0.938. The number of likely N-dealkylation sites (N-methyl/N-ethyl adjacent to an activating group) is 1. The summed E-state index contributed by atoms with van der Waals surface area (Å²) in [5.41, 5.74) is -0.493. The van der Waals surface area contributed by atoms with Crippen LogP contribution in [0.2, 0.25) is 0 Å². The van der Waals surface area contributed by atoms with Gasteiger partial charge >= 0.3 is 6.03 Å². The smallest absolute Gasteiger partial charge is 0.321 e. The van der Waals surface area contributed by atoms with Gasteiger partial charge in [0, 0.05) is 19.2 Å². The third kappa shape index (κ3) is 3.70. The van der Waals surface area contributed by atoms with Crippen LogP contribution in [0, 0.1) is 29.9 Å². The van der Waals surface area contributed by atoms with Crippen LogP contribution in [-0.2, 0) is 0 Å². The summed E-state index contributed by atoms with van der Waals surface area (Å²) in [5.74, 6) is 0.458. The molecule has 0 bridgehead atoms. The minimum Gasteiger partial charge on any atom is -0.391 e. The van der Waals surface area contributed by atoms with Crippen molar-refractivity contribution >= 4 is 11.7 Å². The van der Waals surface area contributed by atoms with Crippen LogP contribution in [0.25, 0.3) is 0 Å². The van der Waals surface area contributed by atoms with Crippen LogP contribution in [0.4, 0.5) is 19.3 Å². The number of aliphatic hydroxyl groups excluding tert-OH is 1. The number of benzene rings is 1. The van der Waals surface area contributed by atoms with E-state index >= 15 is 0 Å². The number of nitrogens with one attached hydrogen (secondary N) is 1. The molecule has 2 rings (SSSR count). The van der Waals surface area contributed by atoms with Crippen molar-refractivity contribution in [1.82, 2.24) is 4.90 Å². The lowest BCUT2D eigenvalue weighted by Gasteiger charge is -2.21. The van der Waals surface area contributed by atoms with E-state index in [4.69, 9.17) is 6.42 Å². The Morgan fingerprint density at radius 3 is 2.57 bits per heavy atom. The highest BCUT2D eigenvalue weighted by molar-refractivity contribution is 5.89. The van der Waals surface area contributed by atoms with Gasteiger partial charge in [-0.05, 0) is 30.9 Å². The van der Waals surface area contributed by atoms with E-state index in [1.807, 2.05) is 0 Å². The maximum Gasteiger partial charge on any atom is 0.321 e. The van der Waals surface area contributed by atoms with Crippen molar-refractivity contribution in [2.75, 3.05) is 18.9 Å². The lowest BCUT2D eigenvalue weighted by Crippen LogP contribution is -2.38. The topological polar surface area (TPSA) is 52.6 Å². The number of nitrogens with zero attached hydrogens (tertiary/aromatic N) is 1. The van der Waals surface area contributed by atoms with Crippen molar-refractivity contribution in [1.29, 1.82) is 0 Å². The Morgan fingerprint density at radius 1 is 1.52 bits per heavy atom. The molecule has 1 aromatic rings. The van der Waals surface area contributed by atoms with E-state index in [9.17, 15) is 18.7 Å². The molecular formula is C15H16F2N2O2. The molecule has 0 aromatic heterocycles. The fourth-order valence-corrected chi connectivity index (χ4v) is 1.97. The number of hydrogen-bond donors (Lipinski definition) is 2. The summed E-state index contributed by atoms with van der Waals surface area (Å²) in [6, 6.07) is 1.25. The Hall–Kier alpha value is -2.13. The molecule has 1 unspecified atom stereocenters. The summed E-state index contributed by atoms with van der Waals surface area (Å²) in [7, 11) is 1.45. The molecule has 21 heavy (non-hydrogen) atoms. The summed E-state index contributed by atoms with van der Waals surface area (Å²) in [6.07, 6.45) is 6.33. The summed E-state index contributed by atoms with van der Waals surface area (Å²) in [6.45, 7) is 0.113. The van der Waals surface area contributed by atoms with Crippen molar-refractivity contribution in [2.45, 2.75) is 18.9 Å². The second-order valence-electron chi connectivity index (χ2n) is 5.17. The molecule has 0 spiro atoms. The van der Waals surface area contributed by atoms with Crippen molar-refractivity contribution in [3.05, 3.63) is 29.3 Å². The Morgan fingerprint density at radius 2 is 2.10 bits per heavy atom. The van der Waals surface area contributed by atoms with Gasteiger partial charge in [-0.15, -0.1) is 6.42 Å². The zero-order valence-corrected chi connectivity index (χ0v) is 11.6. The monoisotopic (exact) mass is 294 g/mol. The lowest BCUT2D eigenvalue weighted by atomic mass is 10.2. The molecule has 112 valence electrons. The molecule has 0 radical (unpaired) electrons. The number of anilines is 1. The summed E-state index contributed by atoms with van der Waals surface area (Å²) in [4.78, 5) is 13.1. The number of hydrogen-bond acceptors (Lipinski definition) is 2. The van der Waals surface area contributed by atoms with Gasteiger partial charge in [-0.3, -0.25) is 0 Å². The van der Waals surface area contributed by atoms with Crippen LogP contribution >= 0.6 is 0 Å². The molecule has 1 fully saturated rings. The molecule has 2 amide bonds. The number of terminal acetylenes is 1. The van der Waals surface area contributed by atoms with Gasteiger partial charge in [0.05, 0.1) is 6.10 Å². The van der Waals surface area contributed by atoms with Gasteiger partial charge in [-0.1, -0.05) is 5.92 Å². The van der Waals surface area contributed by atoms with Crippen LogP contribution in [0.5, 0.6) is 0 Å². The van der Waals surface area contributed by atoms with E-state index in [0.717, 1.165) is 25.0 Å². The molecule has 1 aromatic carbocycles. The van der Waals surface area contributed by atoms with Crippen molar-refractivity contribution in [3.8, 4) is 12.3 Å². The molecule has 4 nitrogen and oxygen atoms in total. The van der Waals surface area contributed by atoms with E-state index < -0.39 is 29.5 Å². The van der Waals surface area contributed by atoms with Gasteiger partial charge in [0.1, 0.15) is 5.69 Å². The first-order valence-electron chi connectivity index (χ1n) is 6.58. The Bertz CT molecular complexity index is 571. The normalized spacial score (nSPS) is 15.2. The van der Waals surface area contributed by atoms with Crippen molar-refractivity contribution < 1.29 is 18.7 Å². The highest BCUT2D eigenvalue weighted by atomic mass is 19.1. The number of carbonyl (C=O) groups excluding carboxylic acids is 1. The number of carbonyl (C=O) groups is 1. The average Bonchev–Trinajstić information content (AvgIpc) is 3.26. The van der Waals surface area contributed by atoms with E-state index in [1.165, 1.54) is 11.9 Å². The van der Waals surface area contributed by atoms with E-state index in [2.05, 4.69) is 11.2 Å². The predicted molar refractivity (Wildman–Crippen MR) is 74.7 cm³/mol. The average molecular weight is 294 g/mol. The first-order valence-corrected chi connectivity index (χ1v) is 6.58. The highest BCUT2D eigenvalue weighted by Gasteiger charge is 2.31. The predicted octanol–water partition coefficient (Wildman–Crippen LogP) is 2.18. The molecule has 1 atom stereocenters. The molecule has 1 saturated carbocycles. The van der Waals surface area contributed by atoms with Crippen molar-refractivity contribution in [3.63, 3.8) is 0 Å². The zero-order chi connectivity index (χ0) is 15.6. The third-order valence-corrected chi connectivity index (χ3v) is 3.41. The van der Waals surface area contributed by atoms with Gasteiger partial charge in [-0.25, -0.2) is 13.6 Å². The van der Waals surface area contributed by atoms with Crippen LogP contribution in [-0.4, -0.2) is 35.7 Å². The largest absolute Gasteiger partial charge is 0.391 e. The second-order valence-corrected chi connectivity index (χ2v) is 5.17. The summed E-state index contributed by atoms with van der Waals surface area (Å²) >= 11 is 0. The standard InChI is InChI=1S/C15H16F2N2O2/c1-3-9-6-11(16)14(12(17)7-9)18-15(21)19(2)8-13(20)10-4-5-10/h1,6-7,10,13,20H,4-5,8H2,2H3,(H,18,21). The van der Waals surface area contributed by atoms with Crippen LogP contribution in [0.15, 0.2) is 12.1 Å². The highest BCUT2D eigenvalue weighted by Crippen LogP contribution is 2.32. The molecule has 0 aliphatic heterocycles. The number of amides is 2. The van der Waals surface area contributed by atoms with Crippen molar-refractivity contribution in [2.24, 2.45) is 5.92 Å². The van der Waals surface area contributed by atoms with Gasteiger partial charge in [0.15, 0.2) is 11.6 Å². The fraction of sp³-hybridized carbons (Fsp3) is 0.400. The number of urea groups is 1. The SMILES string of the molecule is C#Cc1cc(F)c(NC(=O)N(C)CC(O)C2CC2)c(F)c1. The molecule has 0 heterocycles. The third-order valence-electron chi connectivity index (χ3n) is 3.41. The van der Waals surface area contributed by atoms with E-state index in [0.29, 0.717) is 0 Å². The Kier molecular flexibility index (Phi) is 4.43. The van der Waals surface area contributed by atoms with Gasteiger partial charge in [0.2, 0.25) is 0 Å². The van der Waals surface area contributed by atoms with E-state index in [-0.39, 0.29) is 18.0 Å². The quantitative estimate of drug-likeness (QED) is 0.836. The number of rotatable bonds is 4. The molecular weight excluding hydrogens is 278 g/mol. The molecule has 1 aliphatic rings. The van der Waals surface area contributed by atoms with Gasteiger partial charge in [0.25, 0.3) is 0 Å². The van der Waals surface area contributed by atoms with Gasteiger partial charge < -0.3 is 15.3 Å². The molecule has 0 saturated heterocycles. The Labute approximate surface area is 121 Å². The lowest BCUT2D eigenvalue weighted by molar-refractivity contribution is 0.117. The fourth-order valence-electron chi connectivity index (χ4n) is 1.97. The summed E-state index contributed by atoms with van der Waals surface area (Å²) < 4.78 is 27.4. The maximum atomic E-state index is 13.7. The zero-order valence-electron chi connectivity index (χ0n) is 11.6. The minimum absolute atomic E-state index is 0.0560. The second kappa shape index (κ2) is 6.10. The van der Waals surface area contributed by atoms with E-state index in [1.54, 1.807) is 0 Å². The molecule has 2 N–H and O–H groups in total. The first kappa shape index (κ1) is 15.3. The van der Waals surface area contributed by atoms with Crippen LogP contribution < -0.4 is 5.32 Å². The maximum absolute atomic E-state index is 13.7. The number of halogens is 2. The number of aliphatic hydroxyl groups is 1. The summed E-state index contributed by atoms with van der Waals surface area (Å²) in [5, 5.41) is 11.9.